The van der Waals surface area contributed by atoms with Crippen LogP contribution in [-0.2, 0) is 6.18 Å². The number of hydrogen-bond acceptors (Lipinski definition) is 6. The highest BCUT2D eigenvalue weighted by molar-refractivity contribution is 6.03. The quantitative estimate of drug-likeness (QED) is 0.553. The molecule has 0 saturated carbocycles. The number of hydrogen-bond donors (Lipinski definition) is 3. The molecule has 0 amide bonds. The Morgan fingerprint density at radius 3 is 2.56 bits per heavy atom. The van der Waals surface area contributed by atoms with Gasteiger partial charge >= 0.3 is 6.18 Å². The third kappa shape index (κ3) is 5.34. The number of nitrogens with zero attached hydrogens (tertiary/aromatic N) is 4. The van der Waals surface area contributed by atoms with Gasteiger partial charge in [0.05, 0.1) is 11.5 Å². The van der Waals surface area contributed by atoms with Gasteiger partial charge in [-0.2, -0.15) is 23.4 Å². The molecule has 10 heteroatoms. The third-order valence-corrected chi connectivity index (χ3v) is 3.21. The lowest BCUT2D eigenvalue weighted by molar-refractivity contribution is -0.137. The molecule has 0 saturated heterocycles. The Balaban J connectivity index is 3.16. The summed E-state index contributed by atoms with van der Waals surface area (Å²) in [6, 6.07) is 2.04. The van der Waals surface area contributed by atoms with E-state index in [0.29, 0.717) is 6.20 Å². The molecule has 0 aliphatic rings. The molecule has 1 heterocycles. The average molecular weight is 355 g/mol. The van der Waals surface area contributed by atoms with Crippen molar-refractivity contribution in [3.8, 4) is 6.07 Å². The Morgan fingerprint density at radius 1 is 1.44 bits per heavy atom. The first-order chi connectivity index (χ1) is 11.5. The van der Waals surface area contributed by atoms with Gasteiger partial charge in [0, 0.05) is 31.6 Å². The van der Waals surface area contributed by atoms with E-state index in [-0.39, 0.29) is 29.8 Å². The highest BCUT2D eigenvalue weighted by Gasteiger charge is 2.35. The van der Waals surface area contributed by atoms with Crippen LogP contribution in [0.1, 0.15) is 26.3 Å². The average Bonchev–Trinajstić information content (AvgIpc) is 2.53. The highest BCUT2D eigenvalue weighted by Crippen LogP contribution is 2.33. The van der Waals surface area contributed by atoms with E-state index in [4.69, 9.17) is 11.0 Å². The van der Waals surface area contributed by atoms with Crippen LogP contribution in [0.25, 0.3) is 0 Å². The summed E-state index contributed by atoms with van der Waals surface area (Å²) < 4.78 is 38.9. The van der Waals surface area contributed by atoms with Crippen molar-refractivity contribution < 1.29 is 13.2 Å². The number of alkyl halides is 3. The third-order valence-electron chi connectivity index (χ3n) is 3.21. The summed E-state index contributed by atoms with van der Waals surface area (Å²) >= 11 is 0. The summed E-state index contributed by atoms with van der Waals surface area (Å²) in [5.74, 6) is -0.205. The zero-order valence-electron chi connectivity index (χ0n) is 14.4. The molecule has 0 radical (unpaired) electrons. The van der Waals surface area contributed by atoms with Crippen molar-refractivity contribution in [3.63, 3.8) is 0 Å². The van der Waals surface area contributed by atoms with Gasteiger partial charge in [-0.1, -0.05) is 0 Å². The van der Waals surface area contributed by atoms with E-state index in [0.717, 1.165) is 0 Å². The van der Waals surface area contributed by atoms with Crippen LogP contribution in [0, 0.1) is 16.7 Å². The van der Waals surface area contributed by atoms with Gasteiger partial charge in [0.25, 0.3) is 0 Å². The minimum absolute atomic E-state index is 0.0802. The maximum Gasteiger partial charge on any atom is 0.421 e. The predicted molar refractivity (Wildman–Crippen MR) is 89.8 cm³/mol. The van der Waals surface area contributed by atoms with Crippen molar-refractivity contribution in [1.29, 1.82) is 5.26 Å². The van der Waals surface area contributed by atoms with Crippen LogP contribution in [-0.4, -0.2) is 29.4 Å². The summed E-state index contributed by atoms with van der Waals surface area (Å²) in [6.07, 6.45) is -2.47. The number of rotatable bonds is 5. The van der Waals surface area contributed by atoms with Crippen LogP contribution in [0.4, 0.5) is 24.9 Å². The maximum absolute atomic E-state index is 13.0. The summed E-state index contributed by atoms with van der Waals surface area (Å²) in [4.78, 5) is 11.4. The Labute approximate surface area is 143 Å². The maximum atomic E-state index is 13.0. The molecule has 0 aliphatic carbocycles. The second-order valence-corrected chi connectivity index (χ2v) is 5.55. The van der Waals surface area contributed by atoms with Crippen LogP contribution in [0.5, 0.6) is 0 Å². The molecule has 0 spiro atoms. The minimum atomic E-state index is -4.57. The molecule has 4 N–H and O–H groups in total. The fourth-order valence-corrected chi connectivity index (χ4v) is 1.62. The number of nitriles is 1. The van der Waals surface area contributed by atoms with E-state index < -0.39 is 17.2 Å². The van der Waals surface area contributed by atoms with Crippen LogP contribution in [0.3, 0.4) is 0 Å². The van der Waals surface area contributed by atoms with Crippen LogP contribution in [0.15, 0.2) is 23.0 Å². The number of amidine groups is 1. The molecule has 0 fully saturated rings. The smallest absolute Gasteiger partial charge is 0.401 e. The van der Waals surface area contributed by atoms with Gasteiger partial charge in [0.2, 0.25) is 5.95 Å². The number of anilines is 2. The molecule has 1 rings (SSSR count). The van der Waals surface area contributed by atoms with Gasteiger partial charge in [0.1, 0.15) is 17.2 Å². The molecule has 0 atom stereocenters. The van der Waals surface area contributed by atoms with Gasteiger partial charge in [-0.25, -0.2) is 4.98 Å². The Kier molecular flexibility index (Phi) is 6.33. The SMILES string of the molecule is CCNc1nc(NC(C=C(N)C(C)(C)C#N)=NC)ncc1C(F)(F)F. The van der Waals surface area contributed by atoms with Crippen molar-refractivity contribution in [2.45, 2.75) is 26.9 Å². The fourth-order valence-electron chi connectivity index (χ4n) is 1.62. The van der Waals surface area contributed by atoms with Crippen LogP contribution >= 0.6 is 0 Å². The monoisotopic (exact) mass is 355 g/mol. The Hall–Kier alpha value is -2.83. The predicted octanol–water partition coefficient (Wildman–Crippen LogP) is 2.76. The van der Waals surface area contributed by atoms with Crippen LogP contribution < -0.4 is 16.4 Å². The molecule has 0 aliphatic heterocycles. The van der Waals surface area contributed by atoms with E-state index in [2.05, 4.69) is 25.6 Å². The molecular weight excluding hydrogens is 335 g/mol. The lowest BCUT2D eigenvalue weighted by atomic mass is 9.91. The number of nitrogens with two attached hydrogens (primary N) is 1. The van der Waals surface area contributed by atoms with Crippen molar-refractivity contribution in [2.75, 3.05) is 24.2 Å². The zero-order chi connectivity index (χ0) is 19.3. The lowest BCUT2D eigenvalue weighted by Gasteiger charge is -2.17. The number of halogens is 3. The molecule has 136 valence electrons. The van der Waals surface area contributed by atoms with Gasteiger partial charge in [-0.05, 0) is 20.8 Å². The first-order valence-electron chi connectivity index (χ1n) is 7.36. The summed E-state index contributed by atoms with van der Waals surface area (Å²) in [7, 11) is 1.46. The summed E-state index contributed by atoms with van der Waals surface area (Å²) in [5.41, 5.74) is 4.22. The Morgan fingerprint density at radius 2 is 2.08 bits per heavy atom. The van der Waals surface area contributed by atoms with Crippen molar-refractivity contribution in [1.82, 2.24) is 9.97 Å². The van der Waals surface area contributed by atoms with Gasteiger partial charge < -0.3 is 16.4 Å². The molecule has 0 aromatic carbocycles. The second kappa shape index (κ2) is 7.83. The van der Waals surface area contributed by atoms with Crippen LogP contribution in [0.2, 0.25) is 0 Å². The summed E-state index contributed by atoms with van der Waals surface area (Å²) in [6.45, 7) is 5.17. The largest absolute Gasteiger partial charge is 0.421 e. The highest BCUT2D eigenvalue weighted by atomic mass is 19.4. The van der Waals surface area contributed by atoms with E-state index >= 15 is 0 Å². The Bertz CT molecular complexity index is 715. The molecule has 0 bridgehead atoms. The van der Waals surface area contributed by atoms with E-state index in [9.17, 15) is 13.2 Å². The van der Waals surface area contributed by atoms with E-state index in [1.165, 1.54) is 13.1 Å². The lowest BCUT2D eigenvalue weighted by Crippen LogP contribution is -2.23. The van der Waals surface area contributed by atoms with Gasteiger partial charge in [-0.15, -0.1) is 0 Å². The van der Waals surface area contributed by atoms with Crippen molar-refractivity contribution in [2.24, 2.45) is 16.1 Å². The molecular formula is C15H20F3N7. The number of aromatic nitrogens is 2. The molecule has 1 aromatic rings. The molecule has 1 aromatic heterocycles. The minimum Gasteiger partial charge on any atom is -0.401 e. The normalized spacial score (nSPS) is 13.4. The molecule has 0 unspecified atom stereocenters. The van der Waals surface area contributed by atoms with Gasteiger partial charge in [-0.3, -0.25) is 4.99 Å². The second-order valence-electron chi connectivity index (χ2n) is 5.55. The number of aliphatic imine (C=N–C) groups is 1. The molecule has 7 nitrogen and oxygen atoms in total. The fraction of sp³-hybridized carbons (Fsp3) is 0.467. The van der Waals surface area contributed by atoms with Crippen molar-refractivity contribution in [3.05, 3.63) is 23.5 Å². The van der Waals surface area contributed by atoms with E-state index in [1.54, 1.807) is 20.8 Å². The van der Waals surface area contributed by atoms with E-state index in [1.807, 2.05) is 6.07 Å². The zero-order valence-corrected chi connectivity index (χ0v) is 14.4. The number of allylic oxidation sites excluding steroid dienone is 1. The molecule has 25 heavy (non-hydrogen) atoms. The number of nitrogens with one attached hydrogen (secondary N) is 2. The topological polar surface area (TPSA) is 112 Å². The first-order valence-corrected chi connectivity index (χ1v) is 7.36. The van der Waals surface area contributed by atoms with Gasteiger partial charge in [0.15, 0.2) is 0 Å². The standard InChI is InChI=1S/C15H20F3N7/c1-5-22-12-9(15(16,17)18)7-23-13(25-12)24-11(21-4)6-10(20)14(2,3)8-19/h6-7H,5,20H2,1-4H3,(H2,21,22,23,24,25). The van der Waals surface area contributed by atoms with Crippen molar-refractivity contribution >= 4 is 17.6 Å². The first kappa shape index (κ1) is 20.2. The summed E-state index contributed by atoms with van der Waals surface area (Å²) in [5, 5.41) is 14.3.